The molecule has 0 saturated heterocycles. The number of aliphatic carboxylic acids is 1. The van der Waals surface area contributed by atoms with E-state index in [-0.39, 0.29) is 5.56 Å². The molecule has 1 aromatic rings. The lowest BCUT2D eigenvalue weighted by molar-refractivity contribution is -0.131. The molecule has 1 rings (SSSR count). The number of H-pyrrole nitrogens is 1. The van der Waals surface area contributed by atoms with Crippen molar-refractivity contribution in [2.45, 2.75) is 13.3 Å². The lowest BCUT2D eigenvalue weighted by Gasteiger charge is -1.89. The first-order chi connectivity index (χ1) is 6.57. The van der Waals surface area contributed by atoms with Crippen molar-refractivity contribution in [2.24, 2.45) is 0 Å². The zero-order chi connectivity index (χ0) is 10.7. The number of aromatic amines is 1. The molecule has 14 heavy (non-hydrogen) atoms. The fraction of sp³-hybridized carbons (Fsp3) is 0.200. The normalized spacial score (nSPS) is 11.6. The molecule has 0 radical (unpaired) electrons. The van der Waals surface area contributed by atoms with Crippen LogP contribution in [0.1, 0.15) is 23.7 Å². The summed E-state index contributed by atoms with van der Waals surface area (Å²) in [4.78, 5) is 24.4. The maximum absolute atomic E-state index is 11.2. The van der Waals surface area contributed by atoms with E-state index in [0.717, 1.165) is 6.42 Å². The van der Waals surface area contributed by atoms with Gasteiger partial charge in [-0.25, -0.2) is 4.79 Å². The second kappa shape index (κ2) is 3.91. The SMILES string of the molecule is C=c1[nH]cc(C(=O)C(=O)O)/c1=C/CC. The summed E-state index contributed by atoms with van der Waals surface area (Å²) >= 11 is 0. The van der Waals surface area contributed by atoms with Crippen molar-refractivity contribution in [2.75, 3.05) is 0 Å². The summed E-state index contributed by atoms with van der Waals surface area (Å²) in [6.45, 7) is 5.57. The van der Waals surface area contributed by atoms with Crippen LogP contribution in [0, 0.1) is 0 Å². The van der Waals surface area contributed by atoms with Gasteiger partial charge in [0, 0.05) is 16.8 Å². The van der Waals surface area contributed by atoms with E-state index in [4.69, 9.17) is 5.11 Å². The Morgan fingerprint density at radius 1 is 1.64 bits per heavy atom. The van der Waals surface area contributed by atoms with Crippen molar-refractivity contribution in [3.05, 3.63) is 22.3 Å². The molecule has 0 aromatic carbocycles. The van der Waals surface area contributed by atoms with E-state index >= 15 is 0 Å². The molecule has 0 fully saturated rings. The van der Waals surface area contributed by atoms with Gasteiger partial charge in [0.25, 0.3) is 5.78 Å². The van der Waals surface area contributed by atoms with Gasteiger partial charge in [0.15, 0.2) is 0 Å². The minimum absolute atomic E-state index is 0.171. The van der Waals surface area contributed by atoms with Gasteiger partial charge in [-0.2, -0.15) is 0 Å². The number of hydrogen-bond donors (Lipinski definition) is 2. The second-order valence-electron chi connectivity index (χ2n) is 2.84. The predicted octanol–water partition coefficient (Wildman–Crippen LogP) is -0.117. The Morgan fingerprint density at radius 3 is 2.79 bits per heavy atom. The number of ketones is 1. The number of rotatable bonds is 3. The minimum atomic E-state index is -1.45. The molecule has 0 spiro atoms. The van der Waals surface area contributed by atoms with Crippen LogP contribution >= 0.6 is 0 Å². The number of carbonyl (C=O) groups is 2. The quantitative estimate of drug-likeness (QED) is 0.519. The number of carboxylic acids is 1. The Balaban J connectivity index is 3.37. The Bertz CT molecular complexity index is 470. The predicted molar refractivity (Wildman–Crippen MR) is 52.3 cm³/mol. The van der Waals surface area contributed by atoms with Gasteiger partial charge in [-0.3, -0.25) is 4.79 Å². The van der Waals surface area contributed by atoms with E-state index in [9.17, 15) is 9.59 Å². The molecule has 0 aliphatic rings. The fourth-order valence-corrected chi connectivity index (χ4v) is 1.22. The number of nitrogens with one attached hydrogen (secondary N) is 1. The average Bonchev–Trinajstić information content (AvgIpc) is 2.48. The first-order valence-electron chi connectivity index (χ1n) is 4.22. The lowest BCUT2D eigenvalue weighted by Crippen LogP contribution is -2.28. The summed E-state index contributed by atoms with van der Waals surface area (Å²) in [7, 11) is 0. The van der Waals surface area contributed by atoms with Gasteiger partial charge in [0.2, 0.25) is 0 Å². The maximum atomic E-state index is 11.2. The van der Waals surface area contributed by atoms with Crippen LogP contribution in [0.15, 0.2) is 6.20 Å². The molecular formula is C10H11NO3. The molecule has 1 aromatic heterocycles. The third-order valence-electron chi connectivity index (χ3n) is 1.85. The highest BCUT2D eigenvalue weighted by Crippen LogP contribution is 1.90. The highest BCUT2D eigenvalue weighted by atomic mass is 16.4. The second-order valence-corrected chi connectivity index (χ2v) is 2.84. The number of hydrogen-bond acceptors (Lipinski definition) is 2. The standard InChI is InChI=1S/C10H11NO3/c1-3-4-7-6(2)11-5-8(7)9(12)10(13)14/h4-5,11H,2-3H2,1H3,(H,13,14)/b7-4+. The molecule has 0 bridgehead atoms. The summed E-state index contributed by atoms with van der Waals surface area (Å²) in [6.07, 6.45) is 3.87. The first kappa shape index (κ1) is 10.2. The summed E-state index contributed by atoms with van der Waals surface area (Å²) in [5.74, 6) is -2.36. The smallest absolute Gasteiger partial charge is 0.377 e. The first-order valence-corrected chi connectivity index (χ1v) is 4.22. The number of carboxylic acid groups (broad SMARTS) is 1. The van der Waals surface area contributed by atoms with Gasteiger partial charge in [0.1, 0.15) is 0 Å². The Morgan fingerprint density at radius 2 is 2.29 bits per heavy atom. The van der Waals surface area contributed by atoms with Crippen LogP contribution in [-0.4, -0.2) is 21.8 Å². The molecule has 4 nitrogen and oxygen atoms in total. The molecule has 0 aliphatic heterocycles. The van der Waals surface area contributed by atoms with E-state index < -0.39 is 11.8 Å². The van der Waals surface area contributed by atoms with Gasteiger partial charge in [-0.05, 0) is 6.42 Å². The molecule has 0 aliphatic carbocycles. The lowest BCUT2D eigenvalue weighted by atomic mass is 10.1. The topological polar surface area (TPSA) is 70.2 Å². The van der Waals surface area contributed by atoms with Crippen LogP contribution < -0.4 is 10.6 Å². The van der Waals surface area contributed by atoms with Crippen molar-refractivity contribution < 1.29 is 14.7 Å². The van der Waals surface area contributed by atoms with E-state index in [1.54, 1.807) is 6.08 Å². The largest absolute Gasteiger partial charge is 0.475 e. The molecule has 74 valence electrons. The molecule has 2 N–H and O–H groups in total. The molecular weight excluding hydrogens is 182 g/mol. The third kappa shape index (κ3) is 1.74. The molecule has 4 heteroatoms. The molecule has 1 heterocycles. The monoisotopic (exact) mass is 193 g/mol. The highest BCUT2D eigenvalue weighted by Gasteiger charge is 2.16. The van der Waals surface area contributed by atoms with Crippen molar-refractivity contribution >= 4 is 24.4 Å². The fourth-order valence-electron chi connectivity index (χ4n) is 1.22. The zero-order valence-electron chi connectivity index (χ0n) is 7.83. The van der Waals surface area contributed by atoms with Crippen LogP contribution in [0.25, 0.3) is 12.7 Å². The molecule has 0 amide bonds. The maximum Gasteiger partial charge on any atom is 0.377 e. The zero-order valence-corrected chi connectivity index (χ0v) is 7.83. The number of aromatic nitrogens is 1. The highest BCUT2D eigenvalue weighted by molar-refractivity contribution is 6.39. The summed E-state index contributed by atoms with van der Waals surface area (Å²) < 4.78 is 0. The van der Waals surface area contributed by atoms with Crippen molar-refractivity contribution in [3.63, 3.8) is 0 Å². The van der Waals surface area contributed by atoms with Crippen LogP contribution in [-0.2, 0) is 4.79 Å². The van der Waals surface area contributed by atoms with Crippen molar-refractivity contribution in [3.8, 4) is 0 Å². The van der Waals surface area contributed by atoms with E-state index in [1.807, 2.05) is 6.92 Å². The van der Waals surface area contributed by atoms with Crippen molar-refractivity contribution in [1.29, 1.82) is 0 Å². The summed E-state index contributed by atoms with van der Waals surface area (Å²) in [6, 6.07) is 0. The van der Waals surface area contributed by atoms with E-state index in [0.29, 0.717) is 10.6 Å². The van der Waals surface area contributed by atoms with Crippen LogP contribution in [0.3, 0.4) is 0 Å². The van der Waals surface area contributed by atoms with Crippen LogP contribution in [0.5, 0.6) is 0 Å². The number of Topliss-reactive ketones (excluding diaryl/α,β-unsaturated/α-hetero) is 1. The van der Waals surface area contributed by atoms with E-state index in [2.05, 4.69) is 11.6 Å². The van der Waals surface area contributed by atoms with Gasteiger partial charge in [-0.15, -0.1) is 0 Å². The molecule has 0 atom stereocenters. The van der Waals surface area contributed by atoms with Crippen LogP contribution in [0.2, 0.25) is 0 Å². The number of carbonyl (C=O) groups excluding carboxylic acids is 1. The van der Waals surface area contributed by atoms with Gasteiger partial charge < -0.3 is 10.1 Å². The van der Waals surface area contributed by atoms with Gasteiger partial charge >= 0.3 is 5.97 Å². The summed E-state index contributed by atoms with van der Waals surface area (Å²) in [5.41, 5.74) is 0.171. The molecule has 0 saturated carbocycles. The Labute approximate surface area is 80.6 Å². The third-order valence-corrected chi connectivity index (χ3v) is 1.85. The Kier molecular flexibility index (Phi) is 2.86. The van der Waals surface area contributed by atoms with E-state index in [1.165, 1.54) is 6.20 Å². The Hall–Kier alpha value is -1.84. The van der Waals surface area contributed by atoms with Gasteiger partial charge in [0.05, 0.1) is 5.56 Å². The van der Waals surface area contributed by atoms with Crippen molar-refractivity contribution in [1.82, 2.24) is 4.98 Å². The van der Waals surface area contributed by atoms with Crippen LogP contribution in [0.4, 0.5) is 0 Å². The van der Waals surface area contributed by atoms with Gasteiger partial charge in [-0.1, -0.05) is 19.6 Å². The summed E-state index contributed by atoms with van der Waals surface area (Å²) in [5, 5.41) is 9.69. The average molecular weight is 193 g/mol. The molecule has 0 unspecified atom stereocenters. The minimum Gasteiger partial charge on any atom is -0.475 e.